The maximum atomic E-state index is 11.5. The second-order valence-electron chi connectivity index (χ2n) is 6.04. The van der Waals surface area contributed by atoms with Gasteiger partial charge in [0.05, 0.1) is 18.8 Å². The Morgan fingerprint density at radius 1 is 1.15 bits per heavy atom. The number of para-hydroxylation sites is 1. The highest BCUT2D eigenvalue weighted by molar-refractivity contribution is 7.85. The molecule has 2 aromatic rings. The summed E-state index contributed by atoms with van der Waals surface area (Å²) in [7, 11) is -3.72. The molecular formula is C17H16ClNO6S. The number of benzene rings is 2. The molecule has 0 spiro atoms. The zero-order valence-corrected chi connectivity index (χ0v) is 15.4. The van der Waals surface area contributed by atoms with Gasteiger partial charge < -0.3 is 4.74 Å². The molecule has 1 aliphatic rings. The van der Waals surface area contributed by atoms with Gasteiger partial charge in [-0.05, 0) is 24.3 Å². The number of hydrogen-bond acceptors (Lipinski definition) is 6. The van der Waals surface area contributed by atoms with E-state index in [0.29, 0.717) is 27.6 Å². The van der Waals surface area contributed by atoms with Crippen molar-refractivity contribution in [2.24, 2.45) is 0 Å². The van der Waals surface area contributed by atoms with Crippen molar-refractivity contribution in [3.63, 3.8) is 0 Å². The monoisotopic (exact) mass is 397 g/mol. The number of hydrogen-bond donors (Lipinski definition) is 0. The van der Waals surface area contributed by atoms with Crippen LogP contribution in [0.5, 0.6) is 11.5 Å². The van der Waals surface area contributed by atoms with Gasteiger partial charge in [-0.1, -0.05) is 29.8 Å². The molecule has 0 N–H and O–H groups in total. The number of halogens is 1. The van der Waals surface area contributed by atoms with E-state index in [1.54, 1.807) is 42.5 Å². The molecule has 138 valence electrons. The normalized spacial score (nSPS) is 19.0. The van der Waals surface area contributed by atoms with Crippen LogP contribution in [0, 0.1) is 10.1 Å². The Kier molecular flexibility index (Phi) is 5.17. The van der Waals surface area contributed by atoms with Crippen molar-refractivity contribution < 1.29 is 22.3 Å². The van der Waals surface area contributed by atoms with Gasteiger partial charge in [0.15, 0.2) is 0 Å². The van der Waals surface area contributed by atoms with Gasteiger partial charge in [0.25, 0.3) is 10.1 Å². The standard InChI is InChI=1S/C17H16ClNO6S/c1-26(22,23)24-10-15-13-8-11(18)6-7-17(13)25-16-5-3-2-4-12(16)14(15)9-19(20)21/h2-8,14-15H,9-10H2,1H3. The summed E-state index contributed by atoms with van der Waals surface area (Å²) < 4.78 is 33.9. The summed E-state index contributed by atoms with van der Waals surface area (Å²) in [5, 5.41) is 11.7. The highest BCUT2D eigenvalue weighted by Crippen LogP contribution is 2.47. The first kappa shape index (κ1) is 18.6. The van der Waals surface area contributed by atoms with Crippen LogP contribution < -0.4 is 4.74 Å². The summed E-state index contributed by atoms with van der Waals surface area (Å²) in [5.74, 6) is -0.297. The fraction of sp³-hybridized carbons (Fsp3) is 0.294. The van der Waals surface area contributed by atoms with Crippen molar-refractivity contribution in [1.82, 2.24) is 0 Å². The lowest BCUT2D eigenvalue weighted by molar-refractivity contribution is -0.484. The highest BCUT2D eigenvalue weighted by Gasteiger charge is 2.36. The van der Waals surface area contributed by atoms with E-state index in [9.17, 15) is 18.5 Å². The molecular weight excluding hydrogens is 382 g/mol. The van der Waals surface area contributed by atoms with Crippen molar-refractivity contribution in [2.45, 2.75) is 11.8 Å². The summed E-state index contributed by atoms with van der Waals surface area (Å²) in [4.78, 5) is 10.9. The molecule has 0 aromatic heterocycles. The third-order valence-electron chi connectivity index (χ3n) is 4.20. The van der Waals surface area contributed by atoms with Gasteiger partial charge in [0, 0.05) is 27.0 Å². The molecule has 1 aliphatic heterocycles. The lowest BCUT2D eigenvalue weighted by Gasteiger charge is -2.23. The van der Waals surface area contributed by atoms with E-state index in [0.717, 1.165) is 6.26 Å². The van der Waals surface area contributed by atoms with Gasteiger partial charge in [0.1, 0.15) is 11.5 Å². The molecule has 0 radical (unpaired) electrons. The topological polar surface area (TPSA) is 95.7 Å². The molecule has 3 rings (SSSR count). The first-order chi connectivity index (χ1) is 12.2. The van der Waals surface area contributed by atoms with E-state index in [1.165, 1.54) is 0 Å². The largest absolute Gasteiger partial charge is 0.457 e. The van der Waals surface area contributed by atoms with E-state index in [4.69, 9.17) is 20.5 Å². The van der Waals surface area contributed by atoms with Crippen LogP contribution in [0.1, 0.15) is 23.0 Å². The number of ether oxygens (including phenoxy) is 1. The molecule has 7 nitrogen and oxygen atoms in total. The molecule has 1 heterocycles. The van der Waals surface area contributed by atoms with Gasteiger partial charge >= 0.3 is 0 Å². The third kappa shape index (κ3) is 4.14. The van der Waals surface area contributed by atoms with Crippen LogP contribution in [0.2, 0.25) is 5.02 Å². The maximum absolute atomic E-state index is 11.5. The molecule has 0 saturated heterocycles. The molecule has 0 bridgehead atoms. The molecule has 0 saturated carbocycles. The van der Waals surface area contributed by atoms with Gasteiger partial charge in [-0.25, -0.2) is 0 Å². The van der Waals surface area contributed by atoms with E-state index in [-0.39, 0.29) is 6.61 Å². The average Bonchev–Trinajstić information content (AvgIpc) is 2.67. The SMILES string of the molecule is CS(=O)(=O)OCC1c2cc(Cl)ccc2Oc2ccccc2C1C[N+](=O)[O-]. The number of nitro groups is 1. The molecule has 2 aromatic carbocycles. The van der Waals surface area contributed by atoms with Crippen molar-refractivity contribution >= 4 is 21.7 Å². The Labute approximate surface area is 155 Å². The summed E-state index contributed by atoms with van der Waals surface area (Å²) in [6, 6.07) is 11.9. The van der Waals surface area contributed by atoms with E-state index in [1.807, 2.05) is 0 Å². The molecule has 0 fully saturated rings. The summed E-state index contributed by atoms with van der Waals surface area (Å²) in [6.07, 6.45) is 0.940. The van der Waals surface area contributed by atoms with E-state index in [2.05, 4.69) is 0 Å². The number of fused-ring (bicyclic) bond motifs is 2. The first-order valence-electron chi connectivity index (χ1n) is 7.77. The second kappa shape index (κ2) is 7.22. The smallest absolute Gasteiger partial charge is 0.264 e. The number of rotatable bonds is 5. The van der Waals surface area contributed by atoms with E-state index < -0.39 is 33.4 Å². The Morgan fingerprint density at radius 2 is 1.85 bits per heavy atom. The zero-order chi connectivity index (χ0) is 18.9. The maximum Gasteiger partial charge on any atom is 0.264 e. The van der Waals surface area contributed by atoms with Crippen LogP contribution in [0.15, 0.2) is 42.5 Å². The molecule has 2 unspecified atom stereocenters. The average molecular weight is 398 g/mol. The minimum absolute atomic E-state index is 0.248. The fourth-order valence-electron chi connectivity index (χ4n) is 3.12. The van der Waals surface area contributed by atoms with Crippen LogP contribution in [0.3, 0.4) is 0 Å². The Morgan fingerprint density at radius 3 is 2.54 bits per heavy atom. The fourth-order valence-corrected chi connectivity index (χ4v) is 3.70. The van der Waals surface area contributed by atoms with Gasteiger partial charge in [0.2, 0.25) is 6.54 Å². The Hall–Kier alpha value is -2.16. The van der Waals surface area contributed by atoms with Gasteiger partial charge in [-0.2, -0.15) is 8.42 Å². The molecule has 26 heavy (non-hydrogen) atoms. The quantitative estimate of drug-likeness (QED) is 0.434. The molecule has 0 amide bonds. The zero-order valence-electron chi connectivity index (χ0n) is 13.8. The lowest BCUT2D eigenvalue weighted by Crippen LogP contribution is -2.24. The minimum Gasteiger partial charge on any atom is -0.457 e. The molecule has 9 heteroatoms. The van der Waals surface area contributed by atoms with Crippen molar-refractivity contribution in [3.8, 4) is 11.5 Å². The highest BCUT2D eigenvalue weighted by atomic mass is 35.5. The van der Waals surface area contributed by atoms with Crippen LogP contribution in [0.4, 0.5) is 0 Å². The second-order valence-corrected chi connectivity index (χ2v) is 8.12. The summed E-state index contributed by atoms with van der Waals surface area (Å²) >= 11 is 6.10. The Balaban J connectivity index is 2.16. The molecule has 0 aliphatic carbocycles. The van der Waals surface area contributed by atoms with Crippen LogP contribution >= 0.6 is 11.6 Å². The Bertz CT molecular complexity index is 946. The van der Waals surface area contributed by atoms with Crippen molar-refractivity contribution in [2.75, 3.05) is 19.4 Å². The predicted octanol–water partition coefficient (Wildman–Crippen LogP) is 3.57. The van der Waals surface area contributed by atoms with Crippen LogP contribution in [-0.2, 0) is 14.3 Å². The van der Waals surface area contributed by atoms with Crippen molar-refractivity contribution in [1.29, 1.82) is 0 Å². The van der Waals surface area contributed by atoms with Crippen LogP contribution in [-0.4, -0.2) is 32.7 Å². The first-order valence-corrected chi connectivity index (χ1v) is 9.96. The molecule has 2 atom stereocenters. The lowest BCUT2D eigenvalue weighted by atomic mass is 9.82. The van der Waals surface area contributed by atoms with Gasteiger partial charge in [-0.15, -0.1) is 0 Å². The van der Waals surface area contributed by atoms with Crippen LogP contribution in [0.25, 0.3) is 0 Å². The van der Waals surface area contributed by atoms with Gasteiger partial charge in [-0.3, -0.25) is 14.3 Å². The third-order valence-corrected chi connectivity index (χ3v) is 5.00. The van der Waals surface area contributed by atoms with Crippen molar-refractivity contribution in [3.05, 3.63) is 68.7 Å². The summed E-state index contributed by atoms with van der Waals surface area (Å²) in [5.41, 5.74) is 1.20. The number of nitrogens with zero attached hydrogens (tertiary/aromatic N) is 1. The minimum atomic E-state index is -3.72. The predicted molar refractivity (Wildman–Crippen MR) is 96.1 cm³/mol. The van der Waals surface area contributed by atoms with E-state index >= 15 is 0 Å². The summed E-state index contributed by atoms with van der Waals surface area (Å²) in [6.45, 7) is -0.646.